The summed E-state index contributed by atoms with van der Waals surface area (Å²) in [5, 5.41) is 2.35. The van der Waals surface area contributed by atoms with E-state index in [0.717, 1.165) is 6.07 Å². The average molecular weight is 366 g/mol. The van der Waals surface area contributed by atoms with E-state index >= 15 is 0 Å². The van der Waals surface area contributed by atoms with Gasteiger partial charge in [0.1, 0.15) is 11.5 Å². The van der Waals surface area contributed by atoms with E-state index in [1.807, 2.05) is 0 Å². The van der Waals surface area contributed by atoms with Crippen LogP contribution in [0.25, 0.3) is 0 Å². The number of benzene rings is 2. The van der Waals surface area contributed by atoms with Crippen LogP contribution in [0.15, 0.2) is 28.7 Å². The van der Waals surface area contributed by atoms with Crippen LogP contribution >= 0.6 is 15.9 Å². The molecule has 1 atom stereocenters. The molecule has 112 valence electrons. The van der Waals surface area contributed by atoms with E-state index in [2.05, 4.69) is 21.2 Å². The van der Waals surface area contributed by atoms with Gasteiger partial charge < -0.3 is 5.32 Å². The Kier molecular flexibility index (Phi) is 4.51. The molecule has 0 radical (unpaired) electrons. The maximum Gasteiger partial charge on any atom is 0.185 e. The van der Waals surface area contributed by atoms with Crippen molar-refractivity contribution >= 4 is 21.6 Å². The highest BCUT2D eigenvalue weighted by Crippen LogP contribution is 2.29. The van der Waals surface area contributed by atoms with E-state index in [1.54, 1.807) is 0 Å². The van der Waals surface area contributed by atoms with Crippen molar-refractivity contribution in [2.75, 3.05) is 5.32 Å². The maximum atomic E-state index is 13.5. The minimum atomic E-state index is -1.51. The summed E-state index contributed by atoms with van der Waals surface area (Å²) < 4.78 is 66.6. The van der Waals surface area contributed by atoms with Gasteiger partial charge in [0.2, 0.25) is 0 Å². The van der Waals surface area contributed by atoms with Gasteiger partial charge >= 0.3 is 0 Å². The zero-order chi connectivity index (χ0) is 15.7. The van der Waals surface area contributed by atoms with Gasteiger partial charge in [-0.25, -0.2) is 22.0 Å². The number of nitrogens with one attached hydrogen (secondary N) is 1. The summed E-state index contributed by atoms with van der Waals surface area (Å²) in [6, 6.07) is 3.39. The predicted octanol–water partition coefficient (Wildman–Crippen LogP) is 5.32. The molecule has 0 aromatic heterocycles. The quantitative estimate of drug-likeness (QED) is 0.573. The fourth-order valence-corrected chi connectivity index (χ4v) is 2.18. The van der Waals surface area contributed by atoms with Gasteiger partial charge in [-0.1, -0.05) is 6.07 Å². The largest absolute Gasteiger partial charge is 0.374 e. The van der Waals surface area contributed by atoms with Crippen molar-refractivity contribution in [2.45, 2.75) is 13.0 Å². The highest BCUT2D eigenvalue weighted by molar-refractivity contribution is 9.10. The molecule has 0 saturated carbocycles. The van der Waals surface area contributed by atoms with E-state index < -0.39 is 40.8 Å². The number of anilines is 1. The Bertz CT molecular complexity index is 663. The predicted molar refractivity (Wildman–Crippen MR) is 72.4 cm³/mol. The minimum Gasteiger partial charge on any atom is -0.374 e. The zero-order valence-electron chi connectivity index (χ0n) is 10.7. The normalized spacial score (nSPS) is 12.3. The molecule has 0 heterocycles. The summed E-state index contributed by atoms with van der Waals surface area (Å²) in [6.45, 7) is 1.52. The smallest absolute Gasteiger partial charge is 0.185 e. The van der Waals surface area contributed by atoms with Crippen molar-refractivity contribution in [3.05, 3.63) is 63.4 Å². The van der Waals surface area contributed by atoms with Crippen molar-refractivity contribution in [3.8, 4) is 0 Å². The van der Waals surface area contributed by atoms with Gasteiger partial charge in [-0.15, -0.1) is 0 Å². The van der Waals surface area contributed by atoms with Gasteiger partial charge in [0.15, 0.2) is 23.3 Å². The number of halogens is 6. The molecule has 2 aromatic rings. The van der Waals surface area contributed by atoms with Gasteiger partial charge in [-0.05, 0) is 40.5 Å². The molecule has 0 aliphatic heterocycles. The van der Waals surface area contributed by atoms with E-state index in [-0.39, 0.29) is 10.5 Å². The number of hydrogen-bond acceptors (Lipinski definition) is 1. The Labute approximate surface area is 125 Å². The molecule has 0 bridgehead atoms. The second-order valence-electron chi connectivity index (χ2n) is 4.38. The van der Waals surface area contributed by atoms with Crippen molar-refractivity contribution in [1.82, 2.24) is 0 Å². The standard InChI is InChI=1S/C14H9BrF5N/c1-6(7-2-3-9(16)8(15)4-7)21-14-12(19)10(17)5-11(18)13(14)20/h2-6,21H,1H3. The van der Waals surface area contributed by atoms with Gasteiger partial charge in [0.05, 0.1) is 4.47 Å². The molecular weight excluding hydrogens is 357 g/mol. The lowest BCUT2D eigenvalue weighted by Gasteiger charge is -2.17. The SMILES string of the molecule is CC(Nc1c(F)c(F)cc(F)c1F)c1ccc(F)c(Br)c1. The fourth-order valence-electron chi connectivity index (χ4n) is 1.78. The molecule has 1 nitrogen and oxygen atoms in total. The van der Waals surface area contributed by atoms with Gasteiger partial charge in [0.25, 0.3) is 0 Å². The summed E-state index contributed by atoms with van der Waals surface area (Å²) in [7, 11) is 0. The van der Waals surface area contributed by atoms with Crippen LogP contribution in [0.3, 0.4) is 0 Å². The monoisotopic (exact) mass is 365 g/mol. The minimum absolute atomic E-state index is 0.134. The molecule has 0 saturated heterocycles. The molecule has 0 aliphatic rings. The van der Waals surface area contributed by atoms with Gasteiger partial charge in [-0.3, -0.25) is 0 Å². The van der Waals surface area contributed by atoms with Crippen LogP contribution in [0.1, 0.15) is 18.5 Å². The third-order valence-electron chi connectivity index (χ3n) is 2.92. The van der Waals surface area contributed by atoms with E-state index in [1.165, 1.54) is 19.1 Å². The van der Waals surface area contributed by atoms with Crippen molar-refractivity contribution < 1.29 is 22.0 Å². The summed E-state index contributed by atoms with van der Waals surface area (Å²) in [6.07, 6.45) is 0. The molecular formula is C14H9BrF5N. The number of rotatable bonds is 3. The first kappa shape index (κ1) is 15.8. The lowest BCUT2D eigenvalue weighted by atomic mass is 10.1. The molecule has 1 N–H and O–H groups in total. The summed E-state index contributed by atoms with van der Waals surface area (Å²) >= 11 is 2.98. The fraction of sp³-hybridized carbons (Fsp3) is 0.143. The topological polar surface area (TPSA) is 12.0 Å². The van der Waals surface area contributed by atoms with Crippen LogP contribution in [0.2, 0.25) is 0 Å². The first-order valence-corrected chi connectivity index (χ1v) is 6.65. The molecule has 0 amide bonds. The van der Waals surface area contributed by atoms with Crippen molar-refractivity contribution in [2.24, 2.45) is 0 Å². The van der Waals surface area contributed by atoms with Gasteiger partial charge in [0, 0.05) is 12.1 Å². The Morgan fingerprint density at radius 3 is 2.00 bits per heavy atom. The van der Waals surface area contributed by atoms with Gasteiger partial charge in [-0.2, -0.15) is 0 Å². The van der Waals surface area contributed by atoms with E-state index in [0.29, 0.717) is 5.56 Å². The summed E-state index contributed by atoms with van der Waals surface area (Å²) in [5.41, 5.74) is -0.424. The Hall–Kier alpha value is -1.63. The highest BCUT2D eigenvalue weighted by atomic mass is 79.9. The second-order valence-corrected chi connectivity index (χ2v) is 5.24. The molecule has 2 aromatic carbocycles. The summed E-state index contributed by atoms with van der Waals surface area (Å²) in [4.78, 5) is 0. The second kappa shape index (κ2) is 6.01. The Balaban J connectivity index is 2.35. The average Bonchev–Trinajstić information content (AvgIpc) is 2.44. The number of hydrogen-bond donors (Lipinski definition) is 1. The van der Waals surface area contributed by atoms with E-state index in [9.17, 15) is 22.0 Å². The van der Waals surface area contributed by atoms with Crippen LogP contribution in [0.5, 0.6) is 0 Å². The van der Waals surface area contributed by atoms with Crippen LogP contribution < -0.4 is 5.32 Å². The van der Waals surface area contributed by atoms with Crippen LogP contribution in [0, 0.1) is 29.1 Å². The first-order valence-electron chi connectivity index (χ1n) is 5.85. The van der Waals surface area contributed by atoms with Crippen molar-refractivity contribution in [1.29, 1.82) is 0 Å². The molecule has 0 aliphatic carbocycles. The molecule has 7 heteroatoms. The molecule has 21 heavy (non-hydrogen) atoms. The molecule has 2 rings (SSSR count). The van der Waals surface area contributed by atoms with E-state index in [4.69, 9.17) is 0 Å². The Morgan fingerprint density at radius 2 is 1.48 bits per heavy atom. The lowest BCUT2D eigenvalue weighted by molar-refractivity contribution is 0.457. The third kappa shape index (κ3) is 3.18. The highest BCUT2D eigenvalue weighted by Gasteiger charge is 2.21. The molecule has 0 fully saturated rings. The molecule has 0 spiro atoms. The Morgan fingerprint density at radius 1 is 0.905 bits per heavy atom. The van der Waals surface area contributed by atoms with Crippen LogP contribution in [-0.4, -0.2) is 0 Å². The van der Waals surface area contributed by atoms with Crippen LogP contribution in [-0.2, 0) is 0 Å². The third-order valence-corrected chi connectivity index (χ3v) is 3.52. The van der Waals surface area contributed by atoms with Crippen molar-refractivity contribution in [3.63, 3.8) is 0 Å². The zero-order valence-corrected chi connectivity index (χ0v) is 12.2. The van der Waals surface area contributed by atoms with Crippen LogP contribution in [0.4, 0.5) is 27.6 Å². The maximum absolute atomic E-state index is 13.5. The first-order chi connectivity index (χ1) is 9.81. The summed E-state index contributed by atoms with van der Waals surface area (Å²) in [5.74, 6) is -6.52. The lowest BCUT2D eigenvalue weighted by Crippen LogP contribution is -2.12. The molecule has 1 unspecified atom stereocenters.